The number of nitrogens with zero attached hydrogens (tertiary/aromatic N) is 2. The van der Waals surface area contributed by atoms with Gasteiger partial charge in [0.1, 0.15) is 20.3 Å². The highest BCUT2D eigenvalue weighted by Gasteiger charge is 2.11. The minimum Gasteiger partial charge on any atom is -1.00 e. The van der Waals surface area contributed by atoms with E-state index in [1.807, 2.05) is 44.8 Å². The van der Waals surface area contributed by atoms with Crippen molar-refractivity contribution < 1.29 is 33.1 Å². The van der Waals surface area contributed by atoms with Crippen molar-refractivity contribution in [1.29, 1.82) is 0 Å². The molecular formula is C34H32I2N2. The lowest BCUT2D eigenvalue weighted by Crippen LogP contribution is -3.00. The second kappa shape index (κ2) is 13.3. The minimum absolute atomic E-state index is 0. The molecule has 0 aliphatic rings. The standard InChI is InChI=1S/C32H25N2.C2H6.2HI/c1-33-19-15-23(16-20-33)3-5-25-7-9-27-12-14-30-26(6-4-24-17-21-34(2)22-18-24)8-10-28-11-13-29(25)31(27)32(28)30;1-2;;/h3-21H,1-2H3;1-2H3;2*1H/q+1;;;/p-1/b5-3+,6-4+;;;. The number of aromatic nitrogens is 2. The Morgan fingerprint density at radius 3 is 1.55 bits per heavy atom. The second-order valence-corrected chi connectivity index (χ2v) is 8.90. The molecular weight excluding hydrogens is 690 g/mol. The Hall–Kier alpha value is -2.84. The second-order valence-electron chi connectivity index (χ2n) is 8.90. The van der Waals surface area contributed by atoms with E-state index in [-0.39, 0.29) is 48.0 Å². The maximum Gasteiger partial charge on any atom is 0.169 e. The third kappa shape index (κ3) is 6.07. The van der Waals surface area contributed by atoms with Crippen molar-refractivity contribution in [2.24, 2.45) is 14.1 Å². The van der Waals surface area contributed by atoms with Crippen molar-refractivity contribution >= 4 is 80.6 Å². The maximum atomic E-state index is 3.20. The first kappa shape index (κ1) is 29.7. The van der Waals surface area contributed by atoms with Gasteiger partial charge in [-0.25, -0.2) is 4.57 Å². The van der Waals surface area contributed by atoms with Crippen LogP contribution < -0.4 is 33.1 Å². The number of hydrogen-bond donors (Lipinski definition) is 0. The summed E-state index contributed by atoms with van der Waals surface area (Å²) in [6.45, 7) is 4.00. The van der Waals surface area contributed by atoms with Crippen molar-refractivity contribution in [3.05, 3.63) is 120 Å². The van der Waals surface area contributed by atoms with Crippen LogP contribution in [0.1, 0.15) is 36.1 Å². The average molecular weight is 722 g/mol. The van der Waals surface area contributed by atoms with E-state index >= 15 is 0 Å². The zero-order valence-corrected chi connectivity index (χ0v) is 26.6. The van der Waals surface area contributed by atoms with E-state index in [1.54, 1.807) is 0 Å². The van der Waals surface area contributed by atoms with E-state index in [4.69, 9.17) is 0 Å². The third-order valence-corrected chi connectivity index (χ3v) is 6.57. The number of rotatable bonds is 4. The van der Waals surface area contributed by atoms with E-state index < -0.39 is 0 Å². The minimum atomic E-state index is 0. The van der Waals surface area contributed by atoms with E-state index in [0.717, 1.165) is 5.56 Å². The lowest BCUT2D eigenvalue weighted by Gasteiger charge is -2.14. The average Bonchev–Trinajstić information content (AvgIpc) is 2.93. The molecule has 0 aliphatic carbocycles. The first-order valence-electron chi connectivity index (χ1n) is 12.6. The van der Waals surface area contributed by atoms with Gasteiger partial charge < -0.3 is 28.5 Å². The van der Waals surface area contributed by atoms with E-state index in [0.29, 0.717) is 0 Å². The first-order valence-corrected chi connectivity index (χ1v) is 12.6. The molecule has 6 rings (SSSR count). The molecule has 0 atom stereocenters. The zero-order chi connectivity index (χ0) is 25.1. The Kier molecular flexibility index (Phi) is 10.4. The zero-order valence-electron chi connectivity index (χ0n) is 22.2. The fourth-order valence-corrected chi connectivity index (χ4v) is 4.70. The maximum absolute atomic E-state index is 3.20. The topological polar surface area (TPSA) is 7.76 Å². The van der Waals surface area contributed by atoms with Crippen LogP contribution in [0.15, 0.2) is 91.4 Å². The lowest BCUT2D eigenvalue weighted by molar-refractivity contribution is -0.675. The normalized spacial score (nSPS) is 11.1. The summed E-state index contributed by atoms with van der Waals surface area (Å²) in [5, 5.41) is 7.82. The van der Waals surface area contributed by atoms with Crippen molar-refractivity contribution in [3.8, 4) is 0 Å². The van der Waals surface area contributed by atoms with Crippen molar-refractivity contribution in [2.75, 3.05) is 0 Å². The number of hydrogen-bond acceptors (Lipinski definition) is 0. The van der Waals surface area contributed by atoms with Crippen LogP contribution in [-0.2, 0) is 14.1 Å². The highest BCUT2D eigenvalue weighted by Crippen LogP contribution is 2.38. The predicted molar refractivity (Wildman–Crippen MR) is 169 cm³/mol. The first-order chi connectivity index (χ1) is 17.7. The van der Waals surface area contributed by atoms with Gasteiger partial charge in [0, 0.05) is 12.1 Å². The Morgan fingerprint density at radius 2 is 1.05 bits per heavy atom. The van der Waals surface area contributed by atoms with E-state index in [9.17, 15) is 0 Å². The summed E-state index contributed by atoms with van der Waals surface area (Å²) in [6, 6.07) is 26.4. The van der Waals surface area contributed by atoms with Gasteiger partial charge in [-0.3, -0.25) is 0 Å². The molecule has 0 fully saturated rings. The van der Waals surface area contributed by atoms with E-state index in [2.05, 4.69) is 114 Å². The molecule has 4 heteroatoms. The molecule has 0 amide bonds. The van der Waals surface area contributed by atoms with Crippen molar-refractivity contribution in [3.63, 3.8) is 0 Å². The number of benzene rings is 4. The molecule has 6 aromatic rings. The van der Waals surface area contributed by atoms with Crippen LogP contribution in [-0.4, -0.2) is 0 Å². The Bertz CT molecular complexity index is 1570. The Labute approximate surface area is 259 Å². The van der Waals surface area contributed by atoms with Gasteiger partial charge in [-0.1, -0.05) is 80.6 Å². The van der Waals surface area contributed by atoms with Crippen molar-refractivity contribution in [1.82, 2.24) is 0 Å². The van der Waals surface area contributed by atoms with Crippen molar-refractivity contribution in [2.45, 2.75) is 13.8 Å². The highest BCUT2D eigenvalue weighted by atomic mass is 127. The largest absolute Gasteiger partial charge is 1.00 e. The molecule has 192 valence electrons. The van der Waals surface area contributed by atoms with Crippen LogP contribution in [0.5, 0.6) is 0 Å². The smallest absolute Gasteiger partial charge is 0.169 e. The molecule has 0 saturated heterocycles. The molecule has 38 heavy (non-hydrogen) atoms. The van der Waals surface area contributed by atoms with Crippen LogP contribution in [0, 0.1) is 6.20 Å². The molecule has 0 spiro atoms. The SMILES string of the molecule is CC.C[n+]1[c-]cc(/C=C/c2ccc3ccc4c(/C=C/c5cc[n+](C)cc5)ccc5ccc2c3c54)cc1.I.[I-]. The summed E-state index contributed by atoms with van der Waals surface area (Å²) in [5.74, 6) is 0. The molecule has 0 unspecified atom stereocenters. The predicted octanol–water partition coefficient (Wildman–Crippen LogP) is 5.02. The van der Waals surface area contributed by atoms with Crippen LogP contribution in [0.4, 0.5) is 0 Å². The Morgan fingerprint density at radius 1 is 0.579 bits per heavy atom. The van der Waals surface area contributed by atoms with Gasteiger partial charge >= 0.3 is 0 Å². The molecule has 2 nitrogen and oxygen atoms in total. The summed E-state index contributed by atoms with van der Waals surface area (Å²) in [4.78, 5) is 0. The molecule has 0 bridgehead atoms. The molecule has 2 aromatic heterocycles. The number of pyridine rings is 2. The third-order valence-electron chi connectivity index (χ3n) is 6.57. The molecule has 0 saturated carbocycles. The summed E-state index contributed by atoms with van der Waals surface area (Å²) >= 11 is 0. The van der Waals surface area contributed by atoms with Crippen LogP contribution in [0.3, 0.4) is 0 Å². The van der Waals surface area contributed by atoms with Gasteiger partial charge in [-0.15, -0.1) is 47.7 Å². The fourth-order valence-electron chi connectivity index (χ4n) is 4.70. The molecule has 0 radical (unpaired) electrons. The van der Waals surface area contributed by atoms with Gasteiger partial charge in [0.05, 0.1) is 6.20 Å². The van der Waals surface area contributed by atoms with Gasteiger partial charge in [-0.2, -0.15) is 0 Å². The molecule has 2 heterocycles. The van der Waals surface area contributed by atoms with Gasteiger partial charge in [0.25, 0.3) is 0 Å². The quantitative estimate of drug-likeness (QED) is 0.105. The molecule has 0 aliphatic heterocycles. The van der Waals surface area contributed by atoms with E-state index in [1.165, 1.54) is 49.0 Å². The van der Waals surface area contributed by atoms with Gasteiger partial charge in [0.2, 0.25) is 0 Å². The van der Waals surface area contributed by atoms with Crippen LogP contribution in [0.25, 0.3) is 56.6 Å². The molecule has 0 N–H and O–H groups in total. The van der Waals surface area contributed by atoms with Crippen LogP contribution >= 0.6 is 24.0 Å². The monoisotopic (exact) mass is 722 g/mol. The van der Waals surface area contributed by atoms with Crippen LogP contribution in [0.2, 0.25) is 0 Å². The van der Waals surface area contributed by atoms with Gasteiger partial charge in [0.15, 0.2) is 12.4 Å². The summed E-state index contributed by atoms with van der Waals surface area (Å²) in [6.07, 6.45) is 18.2. The Balaban J connectivity index is 0.000000978. The highest BCUT2D eigenvalue weighted by molar-refractivity contribution is 14.0. The summed E-state index contributed by atoms with van der Waals surface area (Å²) < 4.78 is 3.98. The molecule has 4 aromatic carbocycles. The lowest BCUT2D eigenvalue weighted by atomic mass is 9.89. The number of halogens is 2. The fraction of sp³-hybridized carbons (Fsp3) is 0.118. The van der Waals surface area contributed by atoms with Gasteiger partial charge in [-0.05, 0) is 49.0 Å². The summed E-state index contributed by atoms with van der Waals surface area (Å²) in [5.41, 5.74) is 4.81. The summed E-state index contributed by atoms with van der Waals surface area (Å²) in [7, 11) is 4.02. The number of aryl methyl sites for hydroxylation is 2.